The molecule has 1 atom stereocenters. The molecule has 1 aromatic carbocycles. The van der Waals surface area contributed by atoms with E-state index in [4.69, 9.17) is 4.74 Å². The Morgan fingerprint density at radius 3 is 2.48 bits per heavy atom. The summed E-state index contributed by atoms with van der Waals surface area (Å²) < 4.78 is 7.14. The van der Waals surface area contributed by atoms with Crippen LogP contribution in [0.4, 0.5) is 0 Å². The van der Waals surface area contributed by atoms with E-state index in [0.717, 1.165) is 11.4 Å². The molecule has 0 fully saturated rings. The monoisotopic (exact) mass is 362 g/mol. The summed E-state index contributed by atoms with van der Waals surface area (Å²) in [7, 11) is 1.63. The number of rotatable bonds is 7. The first-order valence-electron chi connectivity index (χ1n) is 8.38. The van der Waals surface area contributed by atoms with E-state index in [-0.39, 0.29) is 23.2 Å². The van der Waals surface area contributed by atoms with Gasteiger partial charge in [0.05, 0.1) is 18.0 Å². The predicted molar refractivity (Wildman–Crippen MR) is 100 cm³/mol. The Hall–Kier alpha value is -2.02. The molecule has 0 saturated carbocycles. The molecule has 0 aliphatic carbocycles. The average Bonchev–Trinajstić information content (AvgIpc) is 3.02. The number of aromatic nitrogens is 3. The van der Waals surface area contributed by atoms with Gasteiger partial charge < -0.3 is 9.64 Å². The lowest BCUT2D eigenvalue weighted by Gasteiger charge is -2.32. The van der Waals surface area contributed by atoms with Crippen LogP contribution in [0.5, 0.6) is 5.75 Å². The molecule has 136 valence electrons. The first-order valence-corrected chi connectivity index (χ1v) is 9.26. The zero-order valence-corrected chi connectivity index (χ0v) is 16.4. The Morgan fingerprint density at radius 1 is 1.20 bits per heavy atom. The normalized spacial score (nSPS) is 12.5. The number of methoxy groups -OCH3 is 1. The molecule has 0 saturated heterocycles. The number of carbonyl (C=O) groups is 1. The Kier molecular flexibility index (Phi) is 6.47. The van der Waals surface area contributed by atoms with Crippen LogP contribution >= 0.6 is 11.8 Å². The van der Waals surface area contributed by atoms with Gasteiger partial charge in [0.25, 0.3) is 0 Å². The molecule has 0 bridgehead atoms. The van der Waals surface area contributed by atoms with Crippen molar-refractivity contribution >= 4 is 17.7 Å². The van der Waals surface area contributed by atoms with E-state index >= 15 is 0 Å². The lowest BCUT2D eigenvalue weighted by atomic mass is 10.2. The predicted octanol–water partition coefficient (Wildman–Crippen LogP) is 3.40. The molecule has 1 heterocycles. The van der Waals surface area contributed by atoms with Crippen LogP contribution in [0.15, 0.2) is 35.7 Å². The van der Waals surface area contributed by atoms with Crippen LogP contribution in [0, 0.1) is 0 Å². The van der Waals surface area contributed by atoms with E-state index in [0.29, 0.717) is 5.16 Å². The van der Waals surface area contributed by atoms with Crippen LogP contribution in [0.2, 0.25) is 0 Å². The van der Waals surface area contributed by atoms with Crippen molar-refractivity contribution in [1.29, 1.82) is 0 Å². The van der Waals surface area contributed by atoms with Crippen molar-refractivity contribution in [2.75, 3.05) is 7.11 Å². The molecule has 0 aliphatic heterocycles. The van der Waals surface area contributed by atoms with Gasteiger partial charge in [-0.15, -0.1) is 10.2 Å². The minimum absolute atomic E-state index is 0.107. The largest absolute Gasteiger partial charge is 0.497 e. The number of carbonyl (C=O) groups excluding carboxylic acids is 1. The van der Waals surface area contributed by atoms with Gasteiger partial charge in [0.15, 0.2) is 5.16 Å². The minimum Gasteiger partial charge on any atom is -0.497 e. The third-order valence-electron chi connectivity index (χ3n) is 3.85. The van der Waals surface area contributed by atoms with Crippen LogP contribution in [0.25, 0.3) is 5.69 Å². The maximum absolute atomic E-state index is 12.8. The summed E-state index contributed by atoms with van der Waals surface area (Å²) >= 11 is 1.41. The molecule has 1 amide bonds. The van der Waals surface area contributed by atoms with Crippen LogP contribution in [-0.2, 0) is 4.79 Å². The summed E-state index contributed by atoms with van der Waals surface area (Å²) in [5, 5.41) is 8.62. The molecular formula is C18H26N4O2S. The van der Waals surface area contributed by atoms with Crippen molar-refractivity contribution < 1.29 is 9.53 Å². The zero-order chi connectivity index (χ0) is 18.6. The molecule has 0 radical (unpaired) electrons. The van der Waals surface area contributed by atoms with Gasteiger partial charge in [0.1, 0.15) is 12.1 Å². The Morgan fingerprint density at radius 2 is 1.88 bits per heavy atom. The minimum atomic E-state index is -0.252. The van der Waals surface area contributed by atoms with E-state index in [9.17, 15) is 4.79 Å². The number of amides is 1. The Labute approximate surface area is 153 Å². The highest BCUT2D eigenvalue weighted by molar-refractivity contribution is 8.00. The SMILES string of the molecule is COc1cccc(-n2cnnc2S[C@@H](C)C(=O)N(C(C)C)C(C)C)c1. The highest BCUT2D eigenvalue weighted by Crippen LogP contribution is 2.27. The van der Waals surface area contributed by atoms with Gasteiger partial charge in [-0.05, 0) is 46.8 Å². The summed E-state index contributed by atoms with van der Waals surface area (Å²) in [5.41, 5.74) is 0.899. The second-order valence-corrected chi connectivity index (χ2v) is 7.69. The summed E-state index contributed by atoms with van der Waals surface area (Å²) in [5.74, 6) is 0.868. The van der Waals surface area contributed by atoms with Crippen molar-refractivity contribution in [2.45, 2.75) is 57.1 Å². The summed E-state index contributed by atoms with van der Waals surface area (Å²) in [6.45, 7) is 10.1. The number of thioether (sulfide) groups is 1. The molecule has 25 heavy (non-hydrogen) atoms. The van der Waals surface area contributed by atoms with Gasteiger partial charge in [-0.3, -0.25) is 9.36 Å². The van der Waals surface area contributed by atoms with Crippen molar-refractivity contribution in [3.63, 3.8) is 0 Å². The standard InChI is InChI=1S/C18H26N4O2S/c1-12(2)22(13(3)4)17(23)14(5)25-18-20-19-11-21(18)15-8-7-9-16(10-15)24-6/h7-14H,1-6H3/t14-/m0/s1. The highest BCUT2D eigenvalue weighted by atomic mass is 32.2. The lowest BCUT2D eigenvalue weighted by molar-refractivity contribution is -0.133. The van der Waals surface area contributed by atoms with E-state index < -0.39 is 0 Å². The van der Waals surface area contributed by atoms with Crippen LogP contribution in [-0.4, -0.2) is 50.0 Å². The van der Waals surface area contributed by atoms with Crippen molar-refractivity contribution in [3.05, 3.63) is 30.6 Å². The molecule has 2 rings (SSSR count). The second-order valence-electron chi connectivity index (χ2n) is 6.38. The van der Waals surface area contributed by atoms with Crippen LogP contribution in [0.3, 0.4) is 0 Å². The number of ether oxygens (including phenoxy) is 1. The summed E-state index contributed by atoms with van der Waals surface area (Å²) in [6, 6.07) is 7.98. The number of benzene rings is 1. The molecule has 1 aromatic heterocycles. The second kappa shape index (κ2) is 8.38. The van der Waals surface area contributed by atoms with Gasteiger partial charge in [-0.2, -0.15) is 0 Å². The van der Waals surface area contributed by atoms with Gasteiger partial charge in [0, 0.05) is 18.2 Å². The van der Waals surface area contributed by atoms with Gasteiger partial charge in [0.2, 0.25) is 5.91 Å². The summed E-state index contributed by atoms with van der Waals surface area (Å²) in [6.07, 6.45) is 1.65. The number of hydrogen-bond acceptors (Lipinski definition) is 5. The molecular weight excluding hydrogens is 336 g/mol. The van der Waals surface area contributed by atoms with Crippen LogP contribution in [0.1, 0.15) is 34.6 Å². The topological polar surface area (TPSA) is 60.2 Å². The van der Waals surface area contributed by atoms with Gasteiger partial charge in [-0.1, -0.05) is 17.8 Å². The molecule has 6 nitrogen and oxygen atoms in total. The quantitative estimate of drug-likeness (QED) is 0.707. The van der Waals surface area contributed by atoms with Crippen molar-refractivity contribution in [3.8, 4) is 11.4 Å². The van der Waals surface area contributed by atoms with Crippen molar-refractivity contribution in [1.82, 2.24) is 19.7 Å². The first-order chi connectivity index (χ1) is 11.8. The summed E-state index contributed by atoms with van der Waals surface area (Å²) in [4.78, 5) is 14.7. The van der Waals surface area contributed by atoms with E-state index in [1.54, 1.807) is 13.4 Å². The lowest BCUT2D eigenvalue weighted by Crippen LogP contribution is -2.45. The maximum Gasteiger partial charge on any atom is 0.236 e. The molecule has 2 aromatic rings. The van der Waals surface area contributed by atoms with Gasteiger partial charge >= 0.3 is 0 Å². The first kappa shape index (κ1) is 19.3. The smallest absolute Gasteiger partial charge is 0.236 e. The third kappa shape index (κ3) is 4.54. The Balaban J connectivity index is 2.21. The molecule has 0 aliphatic rings. The fraction of sp³-hybridized carbons (Fsp3) is 0.500. The van der Waals surface area contributed by atoms with Crippen molar-refractivity contribution in [2.24, 2.45) is 0 Å². The number of hydrogen-bond donors (Lipinski definition) is 0. The van der Waals surface area contributed by atoms with E-state index in [2.05, 4.69) is 10.2 Å². The van der Waals surface area contributed by atoms with E-state index in [1.807, 2.05) is 68.4 Å². The van der Waals surface area contributed by atoms with Gasteiger partial charge in [-0.25, -0.2) is 0 Å². The highest BCUT2D eigenvalue weighted by Gasteiger charge is 2.27. The maximum atomic E-state index is 12.8. The molecule has 0 unspecified atom stereocenters. The molecule has 0 N–H and O–H groups in total. The molecule has 0 spiro atoms. The Bertz CT molecular complexity index is 707. The fourth-order valence-corrected chi connectivity index (χ4v) is 3.67. The van der Waals surface area contributed by atoms with Crippen LogP contribution < -0.4 is 4.74 Å². The molecule has 7 heteroatoms. The average molecular weight is 362 g/mol. The van der Waals surface area contributed by atoms with E-state index in [1.165, 1.54) is 11.8 Å². The fourth-order valence-electron chi connectivity index (χ4n) is 2.77. The zero-order valence-electron chi connectivity index (χ0n) is 15.6. The third-order valence-corrected chi connectivity index (χ3v) is 4.89. The number of nitrogens with zero attached hydrogens (tertiary/aromatic N) is 4.